The van der Waals surface area contributed by atoms with Gasteiger partial charge in [0, 0.05) is 25.0 Å². The maximum atomic E-state index is 13.2. The lowest BCUT2D eigenvalue weighted by Crippen LogP contribution is -2.30. The third-order valence-corrected chi connectivity index (χ3v) is 4.59. The first-order valence-corrected chi connectivity index (χ1v) is 8.61. The quantitative estimate of drug-likeness (QED) is 0.564. The molecule has 0 aliphatic heterocycles. The highest BCUT2D eigenvalue weighted by Gasteiger charge is 2.10. The molecule has 3 nitrogen and oxygen atoms in total. The Bertz CT molecular complexity index is 561. The lowest BCUT2D eigenvalue weighted by molar-refractivity contribution is 0.266. The van der Waals surface area contributed by atoms with E-state index in [4.69, 9.17) is 17.3 Å². The van der Waals surface area contributed by atoms with E-state index in [1.807, 2.05) is 0 Å². The Morgan fingerprint density at radius 3 is 2.86 bits per heavy atom. The number of hydrogen-bond acceptors (Lipinski definition) is 4. The van der Waals surface area contributed by atoms with E-state index >= 15 is 0 Å². The molecule has 2 N–H and O–H groups in total. The number of hydrogen-bond donors (Lipinski definition) is 1. The second-order valence-electron chi connectivity index (χ2n) is 5.03. The standard InChI is InChI=1S/C15H21ClFN3S/c16-6-2-1-3-8-20(9-7-18)11-15-19-13-10-12(17)4-5-14(13)21-15/h4-5,10H,1-3,6-9,11,18H2. The molecule has 1 aromatic carbocycles. The Kier molecular flexibility index (Phi) is 6.83. The minimum absolute atomic E-state index is 0.237. The SMILES string of the molecule is NCCN(CCCCCCl)Cc1nc2cc(F)ccc2s1. The molecule has 0 atom stereocenters. The number of nitrogens with two attached hydrogens (primary N) is 1. The van der Waals surface area contributed by atoms with Gasteiger partial charge in [0.15, 0.2) is 0 Å². The van der Waals surface area contributed by atoms with E-state index in [9.17, 15) is 4.39 Å². The first-order valence-electron chi connectivity index (χ1n) is 7.26. The largest absolute Gasteiger partial charge is 0.329 e. The van der Waals surface area contributed by atoms with Gasteiger partial charge in [-0.3, -0.25) is 4.90 Å². The van der Waals surface area contributed by atoms with Gasteiger partial charge in [-0.2, -0.15) is 0 Å². The van der Waals surface area contributed by atoms with Crippen LogP contribution in [0.25, 0.3) is 10.2 Å². The molecular formula is C15H21ClFN3S. The van der Waals surface area contributed by atoms with Crippen LogP contribution in [0, 0.1) is 5.82 Å². The van der Waals surface area contributed by atoms with Crippen LogP contribution in [0.15, 0.2) is 18.2 Å². The monoisotopic (exact) mass is 329 g/mol. The molecule has 2 rings (SSSR count). The van der Waals surface area contributed by atoms with Gasteiger partial charge in [-0.25, -0.2) is 9.37 Å². The topological polar surface area (TPSA) is 42.1 Å². The summed E-state index contributed by atoms with van der Waals surface area (Å²) in [4.78, 5) is 6.82. The van der Waals surface area contributed by atoms with Gasteiger partial charge in [-0.1, -0.05) is 6.42 Å². The highest BCUT2D eigenvalue weighted by Crippen LogP contribution is 2.23. The number of nitrogens with zero attached hydrogens (tertiary/aromatic N) is 2. The predicted octanol–water partition coefficient (Wildman–Crippen LogP) is 3.61. The van der Waals surface area contributed by atoms with Gasteiger partial charge in [0.25, 0.3) is 0 Å². The van der Waals surface area contributed by atoms with Gasteiger partial charge in [-0.15, -0.1) is 22.9 Å². The summed E-state index contributed by atoms with van der Waals surface area (Å²) in [7, 11) is 0. The lowest BCUT2D eigenvalue weighted by Gasteiger charge is -2.20. The zero-order valence-electron chi connectivity index (χ0n) is 12.0. The average molecular weight is 330 g/mol. The van der Waals surface area contributed by atoms with E-state index in [1.165, 1.54) is 12.1 Å². The van der Waals surface area contributed by atoms with E-state index in [2.05, 4.69) is 9.88 Å². The van der Waals surface area contributed by atoms with Gasteiger partial charge in [0.1, 0.15) is 10.8 Å². The number of benzene rings is 1. The number of unbranched alkanes of at least 4 members (excludes halogenated alkanes) is 2. The molecule has 0 fully saturated rings. The highest BCUT2D eigenvalue weighted by molar-refractivity contribution is 7.18. The van der Waals surface area contributed by atoms with Crippen molar-refractivity contribution in [2.45, 2.75) is 25.8 Å². The number of rotatable bonds is 9. The van der Waals surface area contributed by atoms with Crippen LogP contribution in [0.2, 0.25) is 0 Å². The number of thiazole rings is 1. The number of halogens is 2. The van der Waals surface area contributed by atoms with E-state index < -0.39 is 0 Å². The highest BCUT2D eigenvalue weighted by atomic mass is 35.5. The van der Waals surface area contributed by atoms with Crippen LogP contribution in [0.1, 0.15) is 24.3 Å². The van der Waals surface area contributed by atoms with Crippen molar-refractivity contribution in [3.8, 4) is 0 Å². The van der Waals surface area contributed by atoms with Crippen molar-refractivity contribution in [2.24, 2.45) is 5.73 Å². The second-order valence-corrected chi connectivity index (χ2v) is 6.53. The van der Waals surface area contributed by atoms with Crippen molar-refractivity contribution in [2.75, 3.05) is 25.5 Å². The normalized spacial score (nSPS) is 11.6. The van der Waals surface area contributed by atoms with Crippen molar-refractivity contribution in [1.29, 1.82) is 0 Å². The second kappa shape index (κ2) is 8.63. The molecule has 0 aliphatic carbocycles. The third kappa shape index (κ3) is 5.18. The van der Waals surface area contributed by atoms with E-state index in [0.29, 0.717) is 6.54 Å². The van der Waals surface area contributed by atoms with Crippen LogP contribution in [-0.4, -0.2) is 35.4 Å². The smallest absolute Gasteiger partial charge is 0.125 e. The summed E-state index contributed by atoms with van der Waals surface area (Å²) in [5.74, 6) is 0.486. The van der Waals surface area contributed by atoms with E-state index in [-0.39, 0.29) is 5.82 Å². The van der Waals surface area contributed by atoms with Gasteiger partial charge in [-0.05, 0) is 31.5 Å². The van der Waals surface area contributed by atoms with Crippen LogP contribution in [-0.2, 0) is 6.54 Å². The predicted molar refractivity (Wildman–Crippen MR) is 88.5 cm³/mol. The molecule has 0 saturated heterocycles. The van der Waals surface area contributed by atoms with E-state index in [0.717, 1.165) is 60.0 Å². The Morgan fingerprint density at radius 1 is 1.24 bits per heavy atom. The number of fused-ring (bicyclic) bond motifs is 1. The van der Waals surface area contributed by atoms with E-state index in [1.54, 1.807) is 17.4 Å². The van der Waals surface area contributed by atoms with Gasteiger partial charge in [0.05, 0.1) is 16.8 Å². The van der Waals surface area contributed by atoms with Crippen LogP contribution in [0.3, 0.4) is 0 Å². The summed E-state index contributed by atoms with van der Waals surface area (Å²) < 4.78 is 14.2. The first kappa shape index (κ1) is 16.6. The average Bonchev–Trinajstić information content (AvgIpc) is 2.85. The molecule has 21 heavy (non-hydrogen) atoms. The molecule has 0 unspecified atom stereocenters. The fraction of sp³-hybridized carbons (Fsp3) is 0.533. The Labute approximate surface area is 133 Å². The first-order chi connectivity index (χ1) is 10.2. The summed E-state index contributed by atoms with van der Waals surface area (Å²) in [6, 6.07) is 4.76. The summed E-state index contributed by atoms with van der Waals surface area (Å²) in [6.45, 7) is 3.26. The van der Waals surface area contributed by atoms with Crippen molar-refractivity contribution < 1.29 is 4.39 Å². The fourth-order valence-electron chi connectivity index (χ4n) is 2.27. The van der Waals surface area contributed by atoms with Crippen LogP contribution in [0.5, 0.6) is 0 Å². The van der Waals surface area contributed by atoms with Gasteiger partial charge in [0.2, 0.25) is 0 Å². The molecule has 0 saturated carbocycles. The van der Waals surface area contributed by atoms with Gasteiger partial charge < -0.3 is 5.73 Å². The number of aromatic nitrogens is 1. The van der Waals surface area contributed by atoms with Crippen LogP contribution in [0.4, 0.5) is 4.39 Å². The van der Waals surface area contributed by atoms with Crippen molar-refractivity contribution in [3.05, 3.63) is 29.0 Å². The minimum Gasteiger partial charge on any atom is -0.329 e. The van der Waals surface area contributed by atoms with Crippen LogP contribution < -0.4 is 5.73 Å². The van der Waals surface area contributed by atoms with Crippen LogP contribution >= 0.6 is 22.9 Å². The fourth-order valence-corrected chi connectivity index (χ4v) is 3.45. The molecule has 116 valence electrons. The Morgan fingerprint density at radius 2 is 2.10 bits per heavy atom. The molecule has 2 aromatic rings. The number of alkyl halides is 1. The maximum Gasteiger partial charge on any atom is 0.125 e. The molecule has 0 amide bonds. The summed E-state index contributed by atoms with van der Waals surface area (Å²) in [6.07, 6.45) is 3.31. The summed E-state index contributed by atoms with van der Waals surface area (Å²) >= 11 is 7.32. The Hall–Kier alpha value is -0.750. The Balaban J connectivity index is 1.97. The summed E-state index contributed by atoms with van der Waals surface area (Å²) in [5.41, 5.74) is 6.42. The minimum atomic E-state index is -0.237. The molecule has 1 aromatic heterocycles. The zero-order chi connectivity index (χ0) is 15.1. The molecule has 0 spiro atoms. The lowest BCUT2D eigenvalue weighted by atomic mass is 10.2. The molecule has 1 heterocycles. The molecule has 6 heteroatoms. The molecular weight excluding hydrogens is 309 g/mol. The van der Waals surface area contributed by atoms with Crippen molar-refractivity contribution in [3.63, 3.8) is 0 Å². The third-order valence-electron chi connectivity index (χ3n) is 3.31. The maximum absolute atomic E-state index is 13.2. The van der Waals surface area contributed by atoms with Crippen molar-refractivity contribution >= 4 is 33.2 Å². The van der Waals surface area contributed by atoms with Gasteiger partial charge >= 0.3 is 0 Å². The molecule has 0 aliphatic rings. The molecule has 0 bridgehead atoms. The summed E-state index contributed by atoms with van der Waals surface area (Å²) in [5, 5.41) is 1.02. The zero-order valence-corrected chi connectivity index (χ0v) is 13.6. The molecule has 0 radical (unpaired) electrons. The van der Waals surface area contributed by atoms with Crippen molar-refractivity contribution in [1.82, 2.24) is 9.88 Å².